The van der Waals surface area contributed by atoms with Gasteiger partial charge in [-0.3, -0.25) is 0 Å². The van der Waals surface area contributed by atoms with Crippen LogP contribution in [0, 0.1) is 0 Å². The number of rotatable bonds is 4. The third-order valence-corrected chi connectivity index (χ3v) is 2.15. The lowest BCUT2D eigenvalue weighted by molar-refractivity contribution is -0.132. The van der Waals surface area contributed by atoms with E-state index < -0.39 is 5.97 Å². The Morgan fingerprint density at radius 3 is 2.38 bits per heavy atom. The molecule has 2 heteroatoms. The first-order chi connectivity index (χ1) is 7.59. The van der Waals surface area contributed by atoms with Crippen molar-refractivity contribution >= 4 is 12.0 Å². The van der Waals surface area contributed by atoms with E-state index in [1.165, 1.54) is 0 Å². The molecular formula is C14H16O2. The topological polar surface area (TPSA) is 37.3 Å². The summed E-state index contributed by atoms with van der Waals surface area (Å²) in [7, 11) is 0. The van der Waals surface area contributed by atoms with E-state index in [9.17, 15) is 4.79 Å². The molecular weight excluding hydrogens is 200 g/mol. The van der Waals surface area contributed by atoms with Gasteiger partial charge in [-0.25, -0.2) is 4.79 Å². The minimum Gasteiger partial charge on any atom is -0.478 e. The second-order valence-corrected chi connectivity index (χ2v) is 3.87. The molecule has 1 aromatic rings. The van der Waals surface area contributed by atoms with Gasteiger partial charge in [-0.05, 0) is 31.9 Å². The largest absolute Gasteiger partial charge is 0.478 e. The van der Waals surface area contributed by atoms with Crippen molar-refractivity contribution in [2.45, 2.75) is 20.3 Å². The highest BCUT2D eigenvalue weighted by Gasteiger charge is 2.05. The Kier molecular flexibility index (Phi) is 4.52. The summed E-state index contributed by atoms with van der Waals surface area (Å²) in [5.41, 5.74) is 2.45. The molecule has 0 atom stereocenters. The molecule has 2 nitrogen and oxygen atoms in total. The highest BCUT2D eigenvalue weighted by atomic mass is 16.4. The summed E-state index contributed by atoms with van der Waals surface area (Å²) in [5, 5.41) is 9.05. The van der Waals surface area contributed by atoms with Crippen LogP contribution in [0.4, 0.5) is 0 Å². The molecule has 0 heterocycles. The summed E-state index contributed by atoms with van der Waals surface area (Å²) < 4.78 is 0. The van der Waals surface area contributed by atoms with Crippen LogP contribution in [-0.4, -0.2) is 11.1 Å². The van der Waals surface area contributed by atoms with Gasteiger partial charge in [0.25, 0.3) is 0 Å². The number of carbonyl (C=O) groups is 1. The summed E-state index contributed by atoms with van der Waals surface area (Å²) >= 11 is 0. The number of allylic oxidation sites excluding steroid dienone is 2. The average Bonchev–Trinajstić information content (AvgIpc) is 2.25. The monoisotopic (exact) mass is 216 g/mol. The maximum Gasteiger partial charge on any atom is 0.331 e. The maximum absolute atomic E-state index is 11.0. The minimum atomic E-state index is -0.860. The standard InChI is InChI=1S/C14H16O2/c1-11(2)8-9-13(14(15)16)10-12-6-4-3-5-7-12/h3-8,10H,9H2,1-2H3,(H,15,16). The predicted octanol–water partition coefficient (Wildman–Crippen LogP) is 3.51. The van der Waals surface area contributed by atoms with E-state index in [-0.39, 0.29) is 0 Å². The van der Waals surface area contributed by atoms with Crippen molar-refractivity contribution in [2.75, 3.05) is 0 Å². The zero-order chi connectivity index (χ0) is 12.0. The van der Waals surface area contributed by atoms with Crippen LogP contribution in [0.15, 0.2) is 47.6 Å². The van der Waals surface area contributed by atoms with E-state index in [0.29, 0.717) is 12.0 Å². The third-order valence-electron chi connectivity index (χ3n) is 2.15. The average molecular weight is 216 g/mol. The Bertz CT molecular complexity index is 410. The van der Waals surface area contributed by atoms with Crippen LogP contribution < -0.4 is 0 Å². The van der Waals surface area contributed by atoms with Crippen molar-refractivity contribution in [1.29, 1.82) is 0 Å². The van der Waals surface area contributed by atoms with Gasteiger partial charge in [-0.2, -0.15) is 0 Å². The van der Waals surface area contributed by atoms with Crippen LogP contribution in [0.25, 0.3) is 6.08 Å². The Morgan fingerprint density at radius 2 is 1.88 bits per heavy atom. The van der Waals surface area contributed by atoms with Crippen LogP contribution in [0.3, 0.4) is 0 Å². The number of hydrogen-bond acceptors (Lipinski definition) is 1. The lowest BCUT2D eigenvalue weighted by Crippen LogP contribution is -1.99. The number of hydrogen-bond donors (Lipinski definition) is 1. The van der Waals surface area contributed by atoms with Gasteiger partial charge in [0.15, 0.2) is 0 Å². The smallest absolute Gasteiger partial charge is 0.331 e. The van der Waals surface area contributed by atoms with E-state index in [4.69, 9.17) is 5.11 Å². The normalized spacial score (nSPS) is 11.0. The van der Waals surface area contributed by atoms with Crippen LogP contribution in [0.5, 0.6) is 0 Å². The van der Waals surface area contributed by atoms with Crippen LogP contribution in [0.2, 0.25) is 0 Å². The first kappa shape index (κ1) is 12.2. The summed E-state index contributed by atoms with van der Waals surface area (Å²) in [6.07, 6.45) is 4.09. The molecule has 0 amide bonds. The molecule has 16 heavy (non-hydrogen) atoms. The van der Waals surface area contributed by atoms with Crippen molar-refractivity contribution in [1.82, 2.24) is 0 Å². The Hall–Kier alpha value is -1.83. The van der Waals surface area contributed by atoms with E-state index in [0.717, 1.165) is 11.1 Å². The molecule has 0 saturated heterocycles. The van der Waals surface area contributed by atoms with Crippen LogP contribution in [-0.2, 0) is 4.79 Å². The first-order valence-electron chi connectivity index (χ1n) is 5.22. The number of carboxylic acid groups (broad SMARTS) is 1. The highest BCUT2D eigenvalue weighted by molar-refractivity contribution is 5.92. The molecule has 1 aromatic carbocycles. The van der Waals surface area contributed by atoms with E-state index in [1.807, 2.05) is 50.3 Å². The van der Waals surface area contributed by atoms with Crippen molar-refractivity contribution in [3.8, 4) is 0 Å². The van der Waals surface area contributed by atoms with Gasteiger partial charge in [0.2, 0.25) is 0 Å². The lowest BCUT2D eigenvalue weighted by atomic mass is 10.1. The highest BCUT2D eigenvalue weighted by Crippen LogP contribution is 2.11. The molecule has 0 unspecified atom stereocenters. The number of carboxylic acids is 1. The molecule has 0 bridgehead atoms. The van der Waals surface area contributed by atoms with Crippen molar-refractivity contribution < 1.29 is 9.90 Å². The fourth-order valence-electron chi connectivity index (χ4n) is 1.27. The minimum absolute atomic E-state index is 0.410. The van der Waals surface area contributed by atoms with Gasteiger partial charge in [0.1, 0.15) is 0 Å². The maximum atomic E-state index is 11.0. The molecule has 0 aliphatic heterocycles. The number of benzene rings is 1. The van der Waals surface area contributed by atoms with Gasteiger partial charge in [-0.15, -0.1) is 0 Å². The molecule has 84 valence electrons. The predicted molar refractivity (Wildman–Crippen MR) is 66.1 cm³/mol. The van der Waals surface area contributed by atoms with Crippen LogP contribution in [0.1, 0.15) is 25.8 Å². The zero-order valence-corrected chi connectivity index (χ0v) is 9.60. The van der Waals surface area contributed by atoms with Crippen molar-refractivity contribution in [2.24, 2.45) is 0 Å². The van der Waals surface area contributed by atoms with Crippen molar-refractivity contribution in [3.05, 3.63) is 53.1 Å². The molecule has 0 aliphatic rings. The summed E-state index contributed by atoms with van der Waals surface area (Å²) in [5.74, 6) is -0.860. The molecule has 0 spiro atoms. The van der Waals surface area contributed by atoms with Gasteiger partial charge in [0, 0.05) is 5.57 Å². The molecule has 1 rings (SSSR count). The molecule has 0 radical (unpaired) electrons. The zero-order valence-electron chi connectivity index (χ0n) is 9.60. The molecule has 0 aromatic heterocycles. The van der Waals surface area contributed by atoms with Gasteiger partial charge in [0.05, 0.1) is 0 Å². The molecule has 0 fully saturated rings. The quantitative estimate of drug-likeness (QED) is 0.617. The number of aliphatic carboxylic acids is 1. The Balaban J connectivity index is 2.90. The fourth-order valence-corrected chi connectivity index (χ4v) is 1.27. The van der Waals surface area contributed by atoms with Crippen LogP contribution >= 0.6 is 0 Å². The van der Waals surface area contributed by atoms with E-state index in [2.05, 4.69) is 0 Å². The van der Waals surface area contributed by atoms with Gasteiger partial charge >= 0.3 is 5.97 Å². The summed E-state index contributed by atoms with van der Waals surface area (Å²) in [6.45, 7) is 3.92. The molecule has 0 aliphatic carbocycles. The van der Waals surface area contributed by atoms with Gasteiger partial charge in [-0.1, -0.05) is 42.0 Å². The lowest BCUT2D eigenvalue weighted by Gasteiger charge is -1.99. The van der Waals surface area contributed by atoms with Crippen molar-refractivity contribution in [3.63, 3.8) is 0 Å². The summed E-state index contributed by atoms with van der Waals surface area (Å²) in [4.78, 5) is 11.0. The second-order valence-electron chi connectivity index (χ2n) is 3.87. The van der Waals surface area contributed by atoms with E-state index >= 15 is 0 Å². The molecule has 0 saturated carbocycles. The summed E-state index contributed by atoms with van der Waals surface area (Å²) in [6, 6.07) is 9.49. The Morgan fingerprint density at radius 1 is 1.25 bits per heavy atom. The molecule has 1 N–H and O–H groups in total. The van der Waals surface area contributed by atoms with E-state index in [1.54, 1.807) is 6.08 Å². The third kappa shape index (κ3) is 4.13. The Labute approximate surface area is 95.9 Å². The fraction of sp³-hybridized carbons (Fsp3) is 0.214. The second kappa shape index (κ2) is 5.91. The first-order valence-corrected chi connectivity index (χ1v) is 5.22. The van der Waals surface area contributed by atoms with Gasteiger partial charge < -0.3 is 5.11 Å². The SMILES string of the molecule is CC(C)=CCC(=Cc1ccccc1)C(=O)O.